The highest BCUT2D eigenvalue weighted by atomic mass is 32.2. The Morgan fingerprint density at radius 3 is 2.29 bits per heavy atom. The van der Waals surface area contributed by atoms with Crippen molar-refractivity contribution in [1.29, 1.82) is 0 Å². The SMILES string of the molecule is CC(C)N(C)S(=O)(=O)c1ccc(C(=O)N2CCCC2c2ccc(F)cc2)cc1. The fraction of sp³-hybridized carbons (Fsp3) is 0.381. The number of hydrogen-bond donors (Lipinski definition) is 0. The number of rotatable bonds is 5. The number of carbonyl (C=O) groups excluding carboxylic acids is 1. The Labute approximate surface area is 165 Å². The van der Waals surface area contributed by atoms with Gasteiger partial charge < -0.3 is 4.90 Å². The maximum absolute atomic E-state index is 13.2. The summed E-state index contributed by atoms with van der Waals surface area (Å²) in [6, 6.07) is 12.0. The van der Waals surface area contributed by atoms with E-state index in [2.05, 4.69) is 0 Å². The van der Waals surface area contributed by atoms with Crippen molar-refractivity contribution in [1.82, 2.24) is 9.21 Å². The van der Waals surface area contributed by atoms with Gasteiger partial charge in [-0.2, -0.15) is 4.31 Å². The summed E-state index contributed by atoms with van der Waals surface area (Å²) >= 11 is 0. The molecule has 0 radical (unpaired) electrons. The Bertz CT molecular complexity index is 941. The van der Waals surface area contributed by atoms with Gasteiger partial charge in [-0.05, 0) is 68.7 Å². The number of sulfonamides is 1. The zero-order valence-electron chi connectivity index (χ0n) is 16.3. The van der Waals surface area contributed by atoms with Crippen LogP contribution in [0.1, 0.15) is 48.7 Å². The van der Waals surface area contributed by atoms with Crippen molar-refractivity contribution in [2.24, 2.45) is 0 Å². The fourth-order valence-corrected chi connectivity index (χ4v) is 4.79. The molecule has 1 aliphatic rings. The van der Waals surface area contributed by atoms with Gasteiger partial charge in [0, 0.05) is 25.2 Å². The van der Waals surface area contributed by atoms with E-state index in [-0.39, 0.29) is 28.7 Å². The molecule has 0 bridgehead atoms. The van der Waals surface area contributed by atoms with Gasteiger partial charge in [-0.25, -0.2) is 12.8 Å². The second-order valence-electron chi connectivity index (χ2n) is 7.35. The summed E-state index contributed by atoms with van der Waals surface area (Å²) < 4.78 is 39.7. The Morgan fingerprint density at radius 2 is 1.71 bits per heavy atom. The maximum atomic E-state index is 13.2. The predicted molar refractivity (Wildman–Crippen MR) is 106 cm³/mol. The highest BCUT2D eigenvalue weighted by Crippen LogP contribution is 2.33. The lowest BCUT2D eigenvalue weighted by molar-refractivity contribution is 0.0735. The number of halogens is 1. The van der Waals surface area contributed by atoms with Crippen LogP contribution in [0.3, 0.4) is 0 Å². The summed E-state index contributed by atoms with van der Waals surface area (Å²) in [6.45, 7) is 4.23. The van der Waals surface area contributed by atoms with Gasteiger partial charge in [-0.3, -0.25) is 4.79 Å². The minimum atomic E-state index is -3.58. The summed E-state index contributed by atoms with van der Waals surface area (Å²) in [4.78, 5) is 14.9. The fourth-order valence-electron chi connectivity index (χ4n) is 3.42. The number of amides is 1. The minimum absolute atomic E-state index is 0.0939. The summed E-state index contributed by atoms with van der Waals surface area (Å²) in [5, 5.41) is 0. The van der Waals surface area contributed by atoms with E-state index in [9.17, 15) is 17.6 Å². The normalized spacial score (nSPS) is 17.5. The molecule has 0 aromatic heterocycles. The van der Waals surface area contributed by atoms with E-state index in [1.54, 1.807) is 43.0 Å². The maximum Gasteiger partial charge on any atom is 0.254 e. The van der Waals surface area contributed by atoms with Crippen molar-refractivity contribution >= 4 is 15.9 Å². The third-order valence-corrected chi connectivity index (χ3v) is 7.32. The molecule has 0 saturated carbocycles. The lowest BCUT2D eigenvalue weighted by Crippen LogP contribution is -2.33. The van der Waals surface area contributed by atoms with E-state index >= 15 is 0 Å². The van der Waals surface area contributed by atoms with Gasteiger partial charge in [0.05, 0.1) is 10.9 Å². The second-order valence-corrected chi connectivity index (χ2v) is 9.35. The third-order valence-electron chi connectivity index (χ3n) is 5.27. The van der Waals surface area contributed by atoms with Crippen LogP contribution >= 0.6 is 0 Å². The van der Waals surface area contributed by atoms with E-state index in [0.29, 0.717) is 12.1 Å². The van der Waals surface area contributed by atoms with Gasteiger partial charge in [0.1, 0.15) is 5.82 Å². The number of nitrogens with zero attached hydrogens (tertiary/aromatic N) is 2. The smallest absolute Gasteiger partial charge is 0.254 e. The Balaban J connectivity index is 1.82. The first-order chi connectivity index (χ1) is 13.2. The van der Waals surface area contributed by atoms with Crippen LogP contribution in [0.2, 0.25) is 0 Å². The van der Waals surface area contributed by atoms with Crippen molar-refractivity contribution in [2.45, 2.75) is 43.7 Å². The van der Waals surface area contributed by atoms with Crippen molar-refractivity contribution in [3.63, 3.8) is 0 Å². The molecule has 7 heteroatoms. The van der Waals surface area contributed by atoms with Crippen molar-refractivity contribution in [2.75, 3.05) is 13.6 Å². The Kier molecular flexibility index (Phi) is 5.86. The Hall–Kier alpha value is -2.25. The molecule has 0 aliphatic carbocycles. The first kappa shape index (κ1) is 20.5. The monoisotopic (exact) mass is 404 g/mol. The number of benzene rings is 2. The highest BCUT2D eigenvalue weighted by molar-refractivity contribution is 7.89. The van der Waals surface area contributed by atoms with Gasteiger partial charge in [-0.15, -0.1) is 0 Å². The molecule has 1 heterocycles. The summed E-state index contributed by atoms with van der Waals surface area (Å²) in [7, 11) is -2.05. The van der Waals surface area contributed by atoms with Gasteiger partial charge in [0.15, 0.2) is 0 Å². The van der Waals surface area contributed by atoms with Crippen LogP contribution in [0.25, 0.3) is 0 Å². The van der Waals surface area contributed by atoms with Gasteiger partial charge in [-0.1, -0.05) is 12.1 Å². The van der Waals surface area contributed by atoms with Gasteiger partial charge in [0.25, 0.3) is 5.91 Å². The van der Waals surface area contributed by atoms with Crippen LogP contribution in [0.15, 0.2) is 53.4 Å². The standard InChI is InChI=1S/C21H25FN2O3S/c1-15(2)23(3)28(26,27)19-12-8-17(9-13-19)21(25)24-14-4-5-20(24)16-6-10-18(22)11-7-16/h6-13,15,20H,4-5,14H2,1-3H3. The third kappa shape index (κ3) is 3.95. The minimum Gasteiger partial charge on any atom is -0.332 e. The average Bonchev–Trinajstić information content (AvgIpc) is 3.17. The van der Waals surface area contributed by atoms with E-state index in [1.807, 2.05) is 0 Å². The summed E-state index contributed by atoms with van der Waals surface area (Å²) in [5.74, 6) is -0.448. The molecule has 0 N–H and O–H groups in total. The van der Waals surface area contributed by atoms with Crippen molar-refractivity contribution < 1.29 is 17.6 Å². The first-order valence-electron chi connectivity index (χ1n) is 9.36. The largest absolute Gasteiger partial charge is 0.332 e. The molecule has 1 amide bonds. The molecule has 3 rings (SSSR count). The van der Waals surface area contributed by atoms with Crippen LogP contribution < -0.4 is 0 Å². The van der Waals surface area contributed by atoms with E-state index in [0.717, 1.165) is 18.4 Å². The molecule has 1 atom stereocenters. The number of likely N-dealkylation sites (tertiary alicyclic amines) is 1. The molecule has 2 aromatic carbocycles. The molecule has 1 aliphatic heterocycles. The predicted octanol–water partition coefficient (Wildman–Crippen LogP) is 3.83. The molecule has 2 aromatic rings. The van der Waals surface area contributed by atoms with Crippen LogP contribution in [0, 0.1) is 5.82 Å². The number of hydrogen-bond acceptors (Lipinski definition) is 3. The van der Waals surface area contributed by atoms with Crippen molar-refractivity contribution in [3.05, 3.63) is 65.5 Å². The lowest BCUT2D eigenvalue weighted by atomic mass is 10.0. The topological polar surface area (TPSA) is 57.7 Å². The molecule has 1 saturated heterocycles. The van der Waals surface area contributed by atoms with Crippen LogP contribution in [0.4, 0.5) is 4.39 Å². The second kappa shape index (κ2) is 8.01. The molecule has 0 spiro atoms. The average molecular weight is 405 g/mol. The summed E-state index contributed by atoms with van der Waals surface area (Å²) in [6.07, 6.45) is 1.70. The van der Waals surface area contributed by atoms with Crippen LogP contribution in [0.5, 0.6) is 0 Å². The molecule has 1 unspecified atom stereocenters. The Morgan fingerprint density at radius 1 is 1.11 bits per heavy atom. The zero-order valence-corrected chi connectivity index (χ0v) is 17.1. The summed E-state index contributed by atoms with van der Waals surface area (Å²) in [5.41, 5.74) is 1.35. The molecule has 5 nitrogen and oxygen atoms in total. The number of carbonyl (C=O) groups is 1. The van der Waals surface area contributed by atoms with Gasteiger partial charge in [0.2, 0.25) is 10.0 Å². The van der Waals surface area contributed by atoms with Crippen molar-refractivity contribution in [3.8, 4) is 0 Å². The van der Waals surface area contributed by atoms with Crippen LogP contribution in [-0.2, 0) is 10.0 Å². The molecule has 1 fully saturated rings. The van der Waals surface area contributed by atoms with E-state index < -0.39 is 10.0 Å². The van der Waals surface area contributed by atoms with E-state index in [1.165, 1.54) is 35.6 Å². The molecular formula is C21H25FN2O3S. The highest BCUT2D eigenvalue weighted by Gasteiger charge is 2.31. The van der Waals surface area contributed by atoms with Crippen LogP contribution in [-0.4, -0.2) is 43.2 Å². The first-order valence-corrected chi connectivity index (χ1v) is 10.8. The molecular weight excluding hydrogens is 379 g/mol. The van der Waals surface area contributed by atoms with Gasteiger partial charge >= 0.3 is 0 Å². The van der Waals surface area contributed by atoms with E-state index in [4.69, 9.17) is 0 Å². The zero-order chi connectivity index (χ0) is 20.5. The molecule has 28 heavy (non-hydrogen) atoms. The quantitative estimate of drug-likeness (QED) is 0.761. The molecule has 150 valence electrons. The lowest BCUT2D eigenvalue weighted by Gasteiger charge is -2.25.